The first-order valence-corrected chi connectivity index (χ1v) is 3.27. The van der Waals surface area contributed by atoms with E-state index in [1.807, 2.05) is 0 Å². The van der Waals surface area contributed by atoms with Gasteiger partial charge in [-0.25, -0.2) is 0 Å². The maximum absolute atomic E-state index is 10.4. The van der Waals surface area contributed by atoms with Gasteiger partial charge in [-0.1, -0.05) is 24.8 Å². The van der Waals surface area contributed by atoms with Crippen LogP contribution in [0.4, 0.5) is 0 Å². The van der Waals surface area contributed by atoms with Crippen molar-refractivity contribution in [3.63, 3.8) is 0 Å². The van der Waals surface area contributed by atoms with Crippen molar-refractivity contribution >= 4 is 5.97 Å². The molecule has 0 bridgehead atoms. The van der Waals surface area contributed by atoms with E-state index in [1.54, 1.807) is 18.2 Å². The SMILES string of the molecule is C=CC=CCC(=O)OC.[C-]#[O+].[C-]#[O+].[C-]#[O+].[Fe]. The van der Waals surface area contributed by atoms with Gasteiger partial charge in [0.05, 0.1) is 13.5 Å². The number of esters is 1. The van der Waals surface area contributed by atoms with E-state index in [1.165, 1.54) is 7.11 Å². The fourth-order valence-corrected chi connectivity index (χ4v) is 0.344. The van der Waals surface area contributed by atoms with Gasteiger partial charge in [0.25, 0.3) is 0 Å². The molecular weight excluding hydrogens is 256 g/mol. The molecule has 0 aliphatic rings. The van der Waals surface area contributed by atoms with Gasteiger partial charge in [0.2, 0.25) is 0 Å². The van der Waals surface area contributed by atoms with Crippen LogP contribution in [0.2, 0.25) is 0 Å². The van der Waals surface area contributed by atoms with Crippen LogP contribution in [0, 0.1) is 20.0 Å². The first-order chi connectivity index (χ1) is 7.31. The van der Waals surface area contributed by atoms with Crippen molar-refractivity contribution in [3.8, 4) is 0 Å². The minimum Gasteiger partial charge on any atom is 0 e. The van der Waals surface area contributed by atoms with Crippen molar-refractivity contribution in [2.24, 2.45) is 0 Å². The fourth-order valence-electron chi connectivity index (χ4n) is 0.344. The maximum Gasteiger partial charge on any atom is 0 e. The van der Waals surface area contributed by atoms with E-state index in [0.29, 0.717) is 6.42 Å². The molecule has 5 nitrogen and oxygen atoms in total. The Morgan fingerprint density at radius 1 is 1.25 bits per heavy atom. The summed E-state index contributed by atoms with van der Waals surface area (Å²) in [6, 6.07) is 0. The third-order valence-corrected chi connectivity index (χ3v) is 0.784. The molecule has 0 spiro atoms. The standard InChI is InChI=1S/C7H10O2.3CO.Fe/c1-3-4-5-6-7(8)9-2;3*1-2;/h3-5H,1,6H2,2H3;;;;. The molecule has 0 saturated heterocycles. The van der Waals surface area contributed by atoms with E-state index in [4.69, 9.17) is 14.0 Å². The summed E-state index contributed by atoms with van der Waals surface area (Å²) in [7, 11) is 1.37. The Bertz CT molecular complexity index is 213. The summed E-state index contributed by atoms with van der Waals surface area (Å²) in [5, 5.41) is 0. The van der Waals surface area contributed by atoms with Gasteiger partial charge in [0, 0.05) is 17.1 Å². The predicted molar refractivity (Wildman–Crippen MR) is 47.8 cm³/mol. The second-order valence-electron chi connectivity index (χ2n) is 1.44. The van der Waals surface area contributed by atoms with Crippen LogP contribution >= 0.6 is 0 Å². The van der Waals surface area contributed by atoms with Gasteiger partial charge in [0.1, 0.15) is 0 Å². The minimum absolute atomic E-state index is 0. The molecule has 6 heteroatoms. The Kier molecular flexibility index (Phi) is 90.3. The van der Waals surface area contributed by atoms with Gasteiger partial charge in [-0.2, -0.15) is 0 Å². The number of hydrogen-bond acceptors (Lipinski definition) is 2. The Morgan fingerprint density at radius 3 is 1.88 bits per heavy atom. The zero-order valence-corrected chi connectivity index (χ0v) is 9.65. The molecule has 0 aromatic carbocycles. The summed E-state index contributed by atoms with van der Waals surface area (Å²) in [6.07, 6.45) is 5.33. The molecule has 0 aromatic rings. The smallest absolute Gasteiger partial charge is 0 e. The van der Waals surface area contributed by atoms with E-state index in [9.17, 15) is 4.79 Å². The molecule has 88 valence electrons. The van der Waals surface area contributed by atoms with E-state index in [0.717, 1.165) is 0 Å². The topological polar surface area (TPSA) is 86.0 Å². The van der Waals surface area contributed by atoms with Gasteiger partial charge in [0.15, 0.2) is 0 Å². The quantitative estimate of drug-likeness (QED) is 0.252. The molecule has 0 fully saturated rings. The second-order valence-corrected chi connectivity index (χ2v) is 1.44. The molecule has 0 aliphatic heterocycles. The summed E-state index contributed by atoms with van der Waals surface area (Å²) in [5.41, 5.74) is 0. The number of ether oxygens (including phenoxy) is 1. The zero-order chi connectivity index (χ0) is 13.1. The fraction of sp³-hybridized carbons (Fsp3) is 0.200. The van der Waals surface area contributed by atoms with E-state index in [2.05, 4.69) is 31.3 Å². The van der Waals surface area contributed by atoms with E-state index >= 15 is 0 Å². The van der Waals surface area contributed by atoms with Crippen molar-refractivity contribution in [1.82, 2.24) is 0 Å². The average molecular weight is 266 g/mol. The number of methoxy groups -OCH3 is 1. The van der Waals surface area contributed by atoms with Gasteiger partial charge >= 0.3 is 39.9 Å². The van der Waals surface area contributed by atoms with Crippen molar-refractivity contribution in [3.05, 3.63) is 44.8 Å². The number of carbonyl (C=O) groups excluding carboxylic acids is 1. The van der Waals surface area contributed by atoms with Crippen molar-refractivity contribution in [2.45, 2.75) is 6.42 Å². The third-order valence-electron chi connectivity index (χ3n) is 0.784. The number of rotatable bonds is 3. The second kappa shape index (κ2) is 49.3. The van der Waals surface area contributed by atoms with Crippen molar-refractivity contribution < 1.29 is 40.6 Å². The van der Waals surface area contributed by atoms with Gasteiger partial charge < -0.3 is 4.74 Å². The van der Waals surface area contributed by atoms with Crippen LogP contribution < -0.4 is 0 Å². The Hall–Kier alpha value is -1.31. The Labute approximate surface area is 105 Å². The molecule has 0 rings (SSSR count). The monoisotopic (exact) mass is 266 g/mol. The van der Waals surface area contributed by atoms with Crippen LogP contribution in [0.25, 0.3) is 0 Å². The molecule has 0 aromatic heterocycles. The van der Waals surface area contributed by atoms with Crippen LogP contribution in [-0.4, -0.2) is 13.1 Å². The molecular formula is C10H10FeO5. The minimum atomic E-state index is -0.229. The van der Waals surface area contributed by atoms with Crippen LogP contribution in [-0.2, 0) is 40.6 Å². The Morgan fingerprint density at radius 2 is 1.62 bits per heavy atom. The molecule has 0 heterocycles. The summed E-state index contributed by atoms with van der Waals surface area (Å²) in [6.45, 7) is 16.9. The summed E-state index contributed by atoms with van der Waals surface area (Å²) in [4.78, 5) is 10.4. The van der Waals surface area contributed by atoms with Gasteiger partial charge in [-0.3, -0.25) is 4.79 Å². The molecule has 0 N–H and O–H groups in total. The third kappa shape index (κ3) is 53.6. The Balaban J connectivity index is -0.0000000498. The zero-order valence-electron chi connectivity index (χ0n) is 8.54. The van der Waals surface area contributed by atoms with Crippen LogP contribution in [0.15, 0.2) is 24.8 Å². The molecule has 0 unspecified atom stereocenters. The predicted octanol–water partition coefficient (Wildman–Crippen LogP) is 1.18. The van der Waals surface area contributed by atoms with E-state index in [-0.39, 0.29) is 23.0 Å². The molecule has 0 atom stereocenters. The summed E-state index contributed by atoms with van der Waals surface area (Å²) >= 11 is 0. The van der Waals surface area contributed by atoms with E-state index < -0.39 is 0 Å². The van der Waals surface area contributed by atoms with Crippen LogP contribution in [0.3, 0.4) is 0 Å². The normalized spacial score (nSPS) is 5.69. The molecule has 16 heavy (non-hydrogen) atoms. The first kappa shape index (κ1) is 29.3. The number of carbonyl (C=O) groups is 1. The first-order valence-electron chi connectivity index (χ1n) is 3.27. The van der Waals surface area contributed by atoms with Crippen LogP contribution in [0.1, 0.15) is 6.42 Å². The molecule has 0 radical (unpaired) electrons. The number of allylic oxidation sites excluding steroid dienone is 2. The van der Waals surface area contributed by atoms with Crippen molar-refractivity contribution in [1.29, 1.82) is 0 Å². The maximum atomic E-state index is 10.4. The molecule has 0 amide bonds. The van der Waals surface area contributed by atoms with Gasteiger partial charge in [-0.15, -0.1) is 0 Å². The van der Waals surface area contributed by atoms with Crippen molar-refractivity contribution in [2.75, 3.05) is 7.11 Å². The largest absolute Gasteiger partial charge is 0 e. The van der Waals surface area contributed by atoms with Crippen LogP contribution in [0.5, 0.6) is 0 Å². The average Bonchev–Trinajstić information content (AvgIpc) is 2.36. The van der Waals surface area contributed by atoms with Gasteiger partial charge in [-0.05, 0) is 0 Å². The number of hydrogen-bond donors (Lipinski definition) is 0. The summed E-state index contributed by atoms with van der Waals surface area (Å²) in [5.74, 6) is -0.229. The molecule has 0 saturated carbocycles. The summed E-state index contributed by atoms with van der Waals surface area (Å²) < 4.78 is 26.9. The molecule has 0 aliphatic carbocycles.